The second-order valence-corrected chi connectivity index (χ2v) is 13.4. The van der Waals surface area contributed by atoms with Gasteiger partial charge in [0.15, 0.2) is 10.6 Å². The summed E-state index contributed by atoms with van der Waals surface area (Å²) >= 11 is 1.44. The summed E-state index contributed by atoms with van der Waals surface area (Å²) in [4.78, 5) is 22.5. The van der Waals surface area contributed by atoms with E-state index in [-0.39, 0.29) is 17.2 Å². The molecule has 0 spiro atoms. The van der Waals surface area contributed by atoms with Gasteiger partial charge in [-0.2, -0.15) is 4.99 Å². The number of carbonyl (C=O) groups excluding carboxylic acids is 1. The van der Waals surface area contributed by atoms with Gasteiger partial charge in [-0.25, -0.2) is 14.5 Å². The van der Waals surface area contributed by atoms with Crippen molar-refractivity contribution in [1.82, 2.24) is 24.6 Å². The number of rotatable bonds is 9. The van der Waals surface area contributed by atoms with Crippen LogP contribution in [0.5, 0.6) is 5.75 Å². The minimum absolute atomic E-state index is 0.253. The highest BCUT2D eigenvalue weighted by molar-refractivity contribution is 7.07. The minimum Gasteiger partial charge on any atom is -0.406 e. The van der Waals surface area contributed by atoms with Crippen molar-refractivity contribution in [3.63, 3.8) is 0 Å². The van der Waals surface area contributed by atoms with Gasteiger partial charge in [-0.15, -0.1) is 29.6 Å². The average molecular weight is 663 g/mol. The SMILES string of the molecule is Cc1ccc(C(C)C)c(-n2c(C)cs/c2=N\C(=O)NCC(C)(C)Cc2ccc(-c3ncn(-c4ccc(OC(F)(F)F)cc4)n3)cc2)c1. The van der Waals surface area contributed by atoms with Crippen LogP contribution in [0.3, 0.4) is 0 Å². The first kappa shape index (κ1) is 33.6. The van der Waals surface area contributed by atoms with Crippen molar-refractivity contribution in [3.8, 4) is 28.5 Å². The zero-order valence-electron chi connectivity index (χ0n) is 27.1. The Bertz CT molecular complexity index is 1920. The molecule has 0 fully saturated rings. The Morgan fingerprint density at radius 3 is 2.38 bits per heavy atom. The lowest BCUT2D eigenvalue weighted by atomic mass is 9.85. The van der Waals surface area contributed by atoms with Gasteiger partial charge in [0.05, 0.1) is 11.4 Å². The number of benzene rings is 3. The summed E-state index contributed by atoms with van der Waals surface area (Å²) in [7, 11) is 0. The molecular formula is C35H37F3N6O2S. The third-order valence-electron chi connectivity index (χ3n) is 7.56. The van der Waals surface area contributed by atoms with Crippen molar-refractivity contribution in [1.29, 1.82) is 0 Å². The topological polar surface area (TPSA) is 86.3 Å². The summed E-state index contributed by atoms with van der Waals surface area (Å²) < 4.78 is 44.8. The van der Waals surface area contributed by atoms with E-state index >= 15 is 0 Å². The molecule has 0 radical (unpaired) electrons. The Morgan fingerprint density at radius 2 is 1.72 bits per heavy atom. The molecule has 0 saturated carbocycles. The van der Waals surface area contributed by atoms with Crippen molar-refractivity contribution in [2.45, 2.75) is 60.2 Å². The lowest BCUT2D eigenvalue weighted by Crippen LogP contribution is -2.35. The van der Waals surface area contributed by atoms with E-state index in [9.17, 15) is 18.0 Å². The highest BCUT2D eigenvalue weighted by atomic mass is 32.1. The number of amides is 2. The monoisotopic (exact) mass is 662 g/mol. The van der Waals surface area contributed by atoms with Crippen molar-refractivity contribution < 1.29 is 22.7 Å². The first-order valence-corrected chi connectivity index (χ1v) is 16.0. The molecule has 47 heavy (non-hydrogen) atoms. The maximum atomic E-state index is 13.0. The quantitative estimate of drug-likeness (QED) is 0.172. The Balaban J connectivity index is 1.22. The van der Waals surface area contributed by atoms with Gasteiger partial charge in [0.2, 0.25) is 0 Å². The lowest BCUT2D eigenvalue weighted by Gasteiger charge is -2.24. The standard InChI is InChI=1S/C35H37F3N6O2S/c1-22(2)29-16-7-23(3)17-30(29)44-24(4)19-47-33(44)41-32(45)39-20-34(5,6)18-25-8-10-26(11-9-25)31-40-21-43(42-31)27-12-14-28(15-13-27)46-35(36,37)38/h7-17,19,21-22H,18,20H2,1-6H3,(H,39,45)/b41-33-. The van der Waals surface area contributed by atoms with Crippen LogP contribution in [0, 0.1) is 19.3 Å². The molecule has 246 valence electrons. The zero-order chi connectivity index (χ0) is 33.9. The Kier molecular flexibility index (Phi) is 9.71. The molecule has 5 rings (SSSR count). The third-order valence-corrected chi connectivity index (χ3v) is 8.51. The molecule has 3 aromatic carbocycles. The largest absolute Gasteiger partial charge is 0.573 e. The molecule has 5 aromatic rings. The van der Waals surface area contributed by atoms with Crippen LogP contribution < -0.4 is 14.9 Å². The Hall–Kier alpha value is -4.71. The second-order valence-electron chi connectivity index (χ2n) is 12.6. The Morgan fingerprint density at radius 1 is 1.02 bits per heavy atom. The number of halogens is 3. The van der Waals surface area contributed by atoms with Crippen LogP contribution in [0.15, 0.2) is 83.4 Å². The molecule has 1 N–H and O–H groups in total. The van der Waals surface area contributed by atoms with Crippen molar-refractivity contribution in [3.05, 3.63) is 106 Å². The molecule has 8 nitrogen and oxygen atoms in total. The Labute approximate surface area is 275 Å². The maximum absolute atomic E-state index is 13.0. The van der Waals surface area contributed by atoms with Gasteiger partial charge < -0.3 is 10.1 Å². The highest BCUT2D eigenvalue weighted by Crippen LogP contribution is 2.27. The number of nitrogens with zero attached hydrogens (tertiary/aromatic N) is 5. The van der Waals surface area contributed by atoms with Crippen LogP contribution >= 0.6 is 11.3 Å². The van der Waals surface area contributed by atoms with Crippen LogP contribution in [0.1, 0.15) is 56.0 Å². The van der Waals surface area contributed by atoms with Crippen molar-refractivity contribution in [2.24, 2.45) is 10.4 Å². The fourth-order valence-corrected chi connectivity index (χ4v) is 6.11. The van der Waals surface area contributed by atoms with E-state index < -0.39 is 6.36 Å². The summed E-state index contributed by atoms with van der Waals surface area (Å²) in [5, 5.41) is 9.48. The number of aryl methyl sites for hydroxylation is 2. The second kappa shape index (κ2) is 13.6. The fourth-order valence-electron chi connectivity index (χ4n) is 5.25. The van der Waals surface area contributed by atoms with E-state index in [4.69, 9.17) is 0 Å². The van der Waals surface area contributed by atoms with Gasteiger partial charge in [-0.3, -0.25) is 4.57 Å². The first-order valence-electron chi connectivity index (χ1n) is 15.2. The van der Waals surface area contributed by atoms with Crippen molar-refractivity contribution >= 4 is 17.4 Å². The number of urea groups is 1. The molecule has 0 saturated heterocycles. The average Bonchev–Trinajstić information content (AvgIpc) is 3.63. The summed E-state index contributed by atoms with van der Waals surface area (Å²) in [5.41, 5.74) is 6.58. The molecule has 0 aliphatic heterocycles. The number of nitrogens with one attached hydrogen (secondary N) is 1. The van der Waals surface area contributed by atoms with E-state index in [2.05, 4.69) is 82.5 Å². The lowest BCUT2D eigenvalue weighted by molar-refractivity contribution is -0.274. The number of ether oxygens (including phenoxy) is 1. The maximum Gasteiger partial charge on any atom is 0.573 e. The molecule has 0 bridgehead atoms. The van der Waals surface area contributed by atoms with Crippen LogP contribution in [0.2, 0.25) is 0 Å². The van der Waals surface area contributed by atoms with Gasteiger partial charge in [-0.05, 0) is 78.6 Å². The van der Waals surface area contributed by atoms with E-state index in [1.165, 1.54) is 52.2 Å². The molecule has 0 unspecified atom stereocenters. The summed E-state index contributed by atoms with van der Waals surface area (Å²) in [6.45, 7) is 13.0. The molecule has 2 heterocycles. The van der Waals surface area contributed by atoms with E-state index in [0.29, 0.717) is 35.2 Å². The highest BCUT2D eigenvalue weighted by Gasteiger charge is 2.31. The van der Waals surface area contributed by atoms with Gasteiger partial charge in [0.25, 0.3) is 0 Å². The molecule has 2 amide bonds. The molecule has 0 aliphatic carbocycles. The zero-order valence-corrected chi connectivity index (χ0v) is 27.9. The summed E-state index contributed by atoms with van der Waals surface area (Å²) in [6.07, 6.45) is -2.54. The minimum atomic E-state index is -4.75. The van der Waals surface area contributed by atoms with Crippen molar-refractivity contribution in [2.75, 3.05) is 6.54 Å². The van der Waals surface area contributed by atoms with Gasteiger partial charge in [0, 0.05) is 23.2 Å². The fraction of sp³-hybridized carbons (Fsp3) is 0.314. The number of thiazole rings is 1. The summed E-state index contributed by atoms with van der Waals surface area (Å²) in [5.74, 6) is 0.490. The molecular weight excluding hydrogens is 625 g/mol. The van der Waals surface area contributed by atoms with E-state index in [0.717, 1.165) is 28.1 Å². The number of aromatic nitrogens is 4. The number of hydrogen-bond donors (Lipinski definition) is 1. The predicted molar refractivity (Wildman–Crippen MR) is 177 cm³/mol. The number of carbonyl (C=O) groups is 1. The van der Waals surface area contributed by atoms with E-state index in [1.54, 1.807) is 0 Å². The molecule has 12 heteroatoms. The first-order chi connectivity index (χ1) is 22.2. The smallest absolute Gasteiger partial charge is 0.406 e. The predicted octanol–water partition coefficient (Wildman–Crippen LogP) is 8.30. The number of hydrogen-bond acceptors (Lipinski definition) is 5. The molecule has 2 aromatic heterocycles. The molecule has 0 aliphatic rings. The summed E-state index contributed by atoms with van der Waals surface area (Å²) in [6, 6.07) is 19.3. The van der Waals surface area contributed by atoms with Crippen LogP contribution in [0.4, 0.5) is 18.0 Å². The van der Waals surface area contributed by atoms with Gasteiger partial charge in [-0.1, -0.05) is 64.1 Å². The van der Waals surface area contributed by atoms with Gasteiger partial charge in [0.1, 0.15) is 12.1 Å². The normalized spacial score (nSPS) is 12.5. The van der Waals surface area contributed by atoms with E-state index in [1.807, 2.05) is 36.6 Å². The van der Waals surface area contributed by atoms with Gasteiger partial charge >= 0.3 is 12.4 Å². The number of alkyl halides is 3. The van der Waals surface area contributed by atoms with Crippen LogP contribution in [-0.4, -0.2) is 38.3 Å². The van der Waals surface area contributed by atoms with Crippen LogP contribution in [-0.2, 0) is 6.42 Å². The molecule has 0 atom stereocenters. The third kappa shape index (κ3) is 8.56. The van der Waals surface area contributed by atoms with Crippen LogP contribution in [0.25, 0.3) is 22.8 Å².